The lowest BCUT2D eigenvalue weighted by Crippen LogP contribution is -2.18. The topological polar surface area (TPSA) is 59.9 Å². The van der Waals surface area contributed by atoms with Crippen LogP contribution in [0.4, 0.5) is 4.39 Å². The van der Waals surface area contributed by atoms with Crippen molar-refractivity contribution in [2.45, 2.75) is 6.61 Å². The highest BCUT2D eigenvalue weighted by atomic mass is 79.9. The molecule has 33 heavy (non-hydrogen) atoms. The summed E-state index contributed by atoms with van der Waals surface area (Å²) in [5.74, 6) is 0.415. The molecule has 1 amide bonds. The average molecular weight is 507 g/mol. The van der Waals surface area contributed by atoms with Crippen LogP contribution in [0.3, 0.4) is 0 Å². The Morgan fingerprint density at radius 1 is 1.00 bits per heavy atom. The van der Waals surface area contributed by atoms with Crippen molar-refractivity contribution in [3.63, 3.8) is 0 Å². The lowest BCUT2D eigenvalue weighted by molar-refractivity contribution is 0.0952. The number of nitrogens with zero attached hydrogens (tertiary/aromatic N) is 1. The summed E-state index contributed by atoms with van der Waals surface area (Å²) in [5.41, 5.74) is 4.43. The molecule has 4 rings (SSSR count). The molecule has 166 valence electrons. The Balaban J connectivity index is 1.41. The van der Waals surface area contributed by atoms with Crippen molar-refractivity contribution in [1.29, 1.82) is 0 Å². The van der Waals surface area contributed by atoms with Gasteiger partial charge in [-0.1, -0.05) is 36.4 Å². The molecule has 0 heterocycles. The highest BCUT2D eigenvalue weighted by Crippen LogP contribution is 2.27. The molecule has 0 saturated heterocycles. The maximum atomic E-state index is 13.3. The number of ether oxygens (including phenoxy) is 2. The second-order valence-corrected chi connectivity index (χ2v) is 8.06. The number of benzene rings is 4. The van der Waals surface area contributed by atoms with E-state index in [0.29, 0.717) is 21.5 Å². The summed E-state index contributed by atoms with van der Waals surface area (Å²) in [5, 5.41) is 5.98. The zero-order valence-corrected chi connectivity index (χ0v) is 19.3. The Morgan fingerprint density at radius 3 is 2.52 bits per heavy atom. The zero-order valence-electron chi connectivity index (χ0n) is 17.7. The number of carbonyl (C=O) groups excluding carboxylic acids is 1. The molecule has 0 radical (unpaired) electrons. The summed E-state index contributed by atoms with van der Waals surface area (Å²) in [6.45, 7) is 0.243. The molecular formula is C26H20BrFN2O3. The van der Waals surface area contributed by atoms with Gasteiger partial charge in [-0.05, 0) is 80.3 Å². The van der Waals surface area contributed by atoms with Crippen LogP contribution in [-0.2, 0) is 6.61 Å². The van der Waals surface area contributed by atoms with Gasteiger partial charge >= 0.3 is 0 Å². The van der Waals surface area contributed by atoms with E-state index in [1.807, 2.05) is 36.4 Å². The molecule has 1 N–H and O–H groups in total. The van der Waals surface area contributed by atoms with Gasteiger partial charge in [0.25, 0.3) is 5.91 Å². The minimum atomic E-state index is -0.372. The molecule has 0 aliphatic rings. The van der Waals surface area contributed by atoms with E-state index in [-0.39, 0.29) is 18.3 Å². The summed E-state index contributed by atoms with van der Waals surface area (Å²) in [6, 6.07) is 23.0. The first-order chi connectivity index (χ1) is 16.0. The van der Waals surface area contributed by atoms with E-state index >= 15 is 0 Å². The van der Waals surface area contributed by atoms with Gasteiger partial charge in [0.2, 0.25) is 0 Å². The smallest absolute Gasteiger partial charge is 0.275 e. The monoisotopic (exact) mass is 506 g/mol. The summed E-state index contributed by atoms with van der Waals surface area (Å²) < 4.78 is 25.1. The van der Waals surface area contributed by atoms with Gasteiger partial charge in [-0.15, -0.1) is 0 Å². The highest BCUT2D eigenvalue weighted by molar-refractivity contribution is 9.10. The van der Waals surface area contributed by atoms with Crippen molar-refractivity contribution in [2.75, 3.05) is 7.11 Å². The predicted molar refractivity (Wildman–Crippen MR) is 130 cm³/mol. The third-order valence-electron chi connectivity index (χ3n) is 4.93. The minimum Gasteiger partial charge on any atom is -0.496 e. The van der Waals surface area contributed by atoms with Crippen LogP contribution in [0, 0.1) is 5.82 Å². The van der Waals surface area contributed by atoms with E-state index < -0.39 is 0 Å². The predicted octanol–water partition coefficient (Wildman–Crippen LogP) is 6.09. The van der Waals surface area contributed by atoms with Gasteiger partial charge in [-0.25, -0.2) is 9.82 Å². The van der Waals surface area contributed by atoms with Crippen LogP contribution in [0.15, 0.2) is 88.4 Å². The molecule has 7 heteroatoms. The number of amides is 1. The molecule has 0 aliphatic carbocycles. The summed E-state index contributed by atoms with van der Waals surface area (Å²) in [6.07, 6.45) is 1.53. The Labute approximate surface area is 199 Å². The summed E-state index contributed by atoms with van der Waals surface area (Å²) >= 11 is 3.47. The van der Waals surface area contributed by atoms with Crippen molar-refractivity contribution < 1.29 is 18.7 Å². The standard InChI is InChI=1S/C26H20BrFN2O3/c1-32-25-14-20-7-3-2-6-19(20)13-22(25)26(31)30-29-15-17-9-10-24(23(27)12-17)33-16-18-5-4-8-21(28)11-18/h2-15H,16H2,1H3,(H,30,31)/b29-15-. The fourth-order valence-electron chi connectivity index (χ4n) is 3.29. The van der Waals surface area contributed by atoms with Crippen LogP contribution in [0.5, 0.6) is 11.5 Å². The van der Waals surface area contributed by atoms with E-state index in [2.05, 4.69) is 26.5 Å². The number of nitrogens with one attached hydrogen (secondary N) is 1. The van der Waals surface area contributed by atoms with Crippen LogP contribution in [-0.4, -0.2) is 19.2 Å². The first kappa shape index (κ1) is 22.5. The van der Waals surface area contributed by atoms with Crippen molar-refractivity contribution in [3.8, 4) is 11.5 Å². The number of fused-ring (bicyclic) bond motifs is 1. The van der Waals surface area contributed by atoms with Crippen LogP contribution >= 0.6 is 15.9 Å². The van der Waals surface area contributed by atoms with Crippen LogP contribution in [0.1, 0.15) is 21.5 Å². The first-order valence-electron chi connectivity index (χ1n) is 10.1. The van der Waals surface area contributed by atoms with Crippen molar-refractivity contribution in [1.82, 2.24) is 5.43 Å². The molecule has 4 aromatic carbocycles. The Bertz CT molecular complexity index is 1340. The highest BCUT2D eigenvalue weighted by Gasteiger charge is 2.13. The van der Waals surface area contributed by atoms with Crippen LogP contribution in [0.25, 0.3) is 10.8 Å². The second kappa shape index (κ2) is 10.3. The summed E-state index contributed by atoms with van der Waals surface area (Å²) in [7, 11) is 1.53. The van der Waals surface area contributed by atoms with E-state index in [9.17, 15) is 9.18 Å². The number of methoxy groups -OCH3 is 1. The molecule has 0 bridgehead atoms. The molecule has 0 spiro atoms. The molecule has 0 unspecified atom stereocenters. The van der Waals surface area contributed by atoms with Gasteiger partial charge in [0.05, 0.1) is 23.4 Å². The fraction of sp³-hybridized carbons (Fsp3) is 0.0769. The van der Waals surface area contributed by atoms with Crippen LogP contribution in [0.2, 0.25) is 0 Å². The largest absolute Gasteiger partial charge is 0.496 e. The maximum Gasteiger partial charge on any atom is 0.275 e. The molecule has 0 aliphatic heterocycles. The third-order valence-corrected chi connectivity index (χ3v) is 5.55. The SMILES string of the molecule is COc1cc2ccccc2cc1C(=O)N/N=C\c1ccc(OCc2cccc(F)c2)c(Br)c1. The van der Waals surface area contributed by atoms with Gasteiger partial charge in [0, 0.05) is 0 Å². The molecule has 0 atom stereocenters. The number of hydrogen-bond donors (Lipinski definition) is 1. The van der Waals surface area contributed by atoms with Crippen molar-refractivity contribution in [3.05, 3.63) is 106 Å². The normalized spacial score (nSPS) is 11.0. The van der Waals surface area contributed by atoms with Crippen molar-refractivity contribution in [2.24, 2.45) is 5.10 Å². The van der Waals surface area contributed by atoms with Gasteiger partial charge in [-0.2, -0.15) is 5.10 Å². The maximum absolute atomic E-state index is 13.3. The average Bonchev–Trinajstić information content (AvgIpc) is 2.82. The van der Waals surface area contributed by atoms with Gasteiger partial charge < -0.3 is 9.47 Å². The van der Waals surface area contributed by atoms with E-state index in [0.717, 1.165) is 21.9 Å². The zero-order chi connectivity index (χ0) is 23.2. The quantitative estimate of drug-likeness (QED) is 0.243. The number of hydrazone groups is 1. The molecule has 0 saturated carbocycles. The Hall–Kier alpha value is -3.71. The Morgan fingerprint density at radius 2 is 1.79 bits per heavy atom. The minimum absolute atomic E-state index is 0.243. The van der Waals surface area contributed by atoms with E-state index in [4.69, 9.17) is 9.47 Å². The van der Waals surface area contributed by atoms with Crippen LogP contribution < -0.4 is 14.9 Å². The van der Waals surface area contributed by atoms with E-state index in [1.165, 1.54) is 25.5 Å². The van der Waals surface area contributed by atoms with Crippen molar-refractivity contribution >= 4 is 38.8 Å². The number of hydrogen-bond acceptors (Lipinski definition) is 4. The Kier molecular flexibility index (Phi) is 7.00. The van der Waals surface area contributed by atoms with Gasteiger partial charge in [0.1, 0.15) is 23.9 Å². The second-order valence-electron chi connectivity index (χ2n) is 7.21. The van der Waals surface area contributed by atoms with E-state index in [1.54, 1.807) is 30.3 Å². The molecule has 4 aromatic rings. The molecule has 0 aromatic heterocycles. The van der Waals surface area contributed by atoms with Gasteiger partial charge in [-0.3, -0.25) is 4.79 Å². The van der Waals surface area contributed by atoms with Gasteiger partial charge in [0.15, 0.2) is 0 Å². The number of halogens is 2. The first-order valence-corrected chi connectivity index (χ1v) is 10.9. The number of rotatable bonds is 7. The molecule has 0 fully saturated rings. The lowest BCUT2D eigenvalue weighted by atomic mass is 10.1. The third kappa shape index (κ3) is 5.56. The molecule has 5 nitrogen and oxygen atoms in total. The fourth-order valence-corrected chi connectivity index (χ4v) is 3.80. The summed E-state index contributed by atoms with van der Waals surface area (Å²) in [4.78, 5) is 12.7. The molecular weight excluding hydrogens is 487 g/mol. The lowest BCUT2D eigenvalue weighted by Gasteiger charge is -2.10. The number of carbonyl (C=O) groups is 1.